The van der Waals surface area contributed by atoms with Gasteiger partial charge in [0.25, 0.3) is 0 Å². The smallest absolute Gasteiger partial charge is 0.0731 e. The van der Waals surface area contributed by atoms with Gasteiger partial charge in [-0.3, -0.25) is 0 Å². The van der Waals surface area contributed by atoms with Crippen LogP contribution in [0.15, 0.2) is 203 Å². The predicted molar refractivity (Wildman–Crippen MR) is 360 cm³/mol. The Labute approximate surface area is 542 Å². The van der Waals surface area contributed by atoms with Crippen molar-refractivity contribution in [3.63, 3.8) is 0 Å². The first-order valence-corrected chi connectivity index (χ1v) is 31.9. The second kappa shape index (κ2) is 22.2. The normalized spacial score (nSPS) is 14.3. The van der Waals surface area contributed by atoms with Crippen LogP contribution in [0.2, 0.25) is 55.2 Å². The van der Waals surface area contributed by atoms with Crippen molar-refractivity contribution in [2.45, 2.75) is 0 Å². The molecule has 0 spiro atoms. The van der Waals surface area contributed by atoms with Crippen LogP contribution in [0.5, 0.6) is 0 Å². The highest BCUT2D eigenvalue weighted by molar-refractivity contribution is 7.17. The van der Waals surface area contributed by atoms with E-state index in [1.54, 1.807) is 11.3 Å². The van der Waals surface area contributed by atoms with E-state index in [1.807, 2.05) is 140 Å². The Morgan fingerprint density at radius 3 is 1.06 bits per heavy atom. The van der Waals surface area contributed by atoms with Crippen molar-refractivity contribution in [1.29, 1.82) is 0 Å². The second-order valence-electron chi connectivity index (χ2n) is 19.2. The lowest BCUT2D eigenvalue weighted by Crippen LogP contribution is -2.14. The van der Waals surface area contributed by atoms with Gasteiger partial charge in [0.05, 0.1) is 94.4 Å². The molecule has 14 bridgehead atoms. The summed E-state index contributed by atoms with van der Waals surface area (Å²) in [5, 5.41) is 6.65. The Hall–Kier alpha value is -5.33. The van der Waals surface area contributed by atoms with Gasteiger partial charge < -0.3 is 4.40 Å². The molecular formula is C66H30Cl11N3S3. The van der Waals surface area contributed by atoms with Gasteiger partial charge >= 0.3 is 0 Å². The van der Waals surface area contributed by atoms with E-state index in [0.717, 1.165) is 67.1 Å². The number of benzene rings is 6. The van der Waals surface area contributed by atoms with Crippen LogP contribution >= 0.6 is 162 Å². The van der Waals surface area contributed by atoms with Crippen molar-refractivity contribution in [1.82, 2.24) is 4.40 Å². The summed E-state index contributed by atoms with van der Waals surface area (Å²) < 4.78 is 3.81. The molecule has 8 heterocycles. The molecule has 11 aromatic rings. The first kappa shape index (κ1) is 55.5. The van der Waals surface area contributed by atoms with E-state index < -0.39 is 0 Å². The van der Waals surface area contributed by atoms with E-state index in [0.29, 0.717) is 123 Å². The third-order valence-electron chi connectivity index (χ3n) is 14.5. The van der Waals surface area contributed by atoms with Crippen LogP contribution in [-0.2, 0) is 0 Å². The van der Waals surface area contributed by atoms with Crippen LogP contribution in [0.3, 0.4) is 0 Å². The van der Waals surface area contributed by atoms with Gasteiger partial charge in [-0.05, 0) is 146 Å². The molecule has 3 nitrogen and oxygen atoms in total. The number of nitrogens with zero attached hydrogens (tertiary/aromatic N) is 3. The van der Waals surface area contributed by atoms with Crippen LogP contribution in [0.4, 0.5) is 0 Å². The molecule has 0 amide bonds. The fourth-order valence-electron chi connectivity index (χ4n) is 11.1. The van der Waals surface area contributed by atoms with Gasteiger partial charge in [-0.15, -0.1) is 34.0 Å². The summed E-state index contributed by atoms with van der Waals surface area (Å²) >= 11 is 84.4. The lowest BCUT2D eigenvalue weighted by Gasteiger charge is -2.14. The molecule has 3 aliphatic rings. The van der Waals surface area contributed by atoms with Gasteiger partial charge in [-0.2, -0.15) is 0 Å². The van der Waals surface area contributed by atoms with Crippen molar-refractivity contribution in [3.05, 3.63) is 306 Å². The summed E-state index contributed by atoms with van der Waals surface area (Å²) in [7, 11) is 0. The van der Waals surface area contributed by atoms with Crippen LogP contribution < -0.4 is 14.4 Å². The minimum absolute atomic E-state index is 0.424. The molecule has 17 heteroatoms. The van der Waals surface area contributed by atoms with Crippen molar-refractivity contribution in [3.8, 4) is 10.4 Å². The van der Waals surface area contributed by atoms with E-state index in [2.05, 4.69) is 46.9 Å². The molecule has 0 radical (unpaired) electrons. The number of aromatic nitrogens is 1. The van der Waals surface area contributed by atoms with E-state index >= 15 is 0 Å². The SMILES string of the molecule is Clc1cccc(Cl)c1C1=C2C=CC(=N2)C(c2c(Cl)cccc2Cl)=c2ccc(s2)=C(c2c(Cl)cccc2Cl)C2=NC(=C(c3c(Cl)cccc3Cl)c3ccc(s3)-c3c4c(Cl)cccc4n4c(ccc34)=C(c3c(Cl)cccc3Cl)c3ccc1s3)C=C2. The van der Waals surface area contributed by atoms with Gasteiger partial charge in [0.2, 0.25) is 0 Å². The first-order chi connectivity index (χ1) is 40.2. The Bertz CT molecular complexity index is 4960. The summed E-state index contributed by atoms with van der Waals surface area (Å²) in [6.07, 6.45) is 7.86. The van der Waals surface area contributed by atoms with Crippen molar-refractivity contribution in [2.24, 2.45) is 9.98 Å². The number of hydrogen-bond donors (Lipinski definition) is 0. The van der Waals surface area contributed by atoms with Crippen LogP contribution in [-0.4, -0.2) is 15.8 Å². The average Bonchev–Trinajstić information content (AvgIpc) is 2.34. The maximum Gasteiger partial charge on any atom is 0.0731 e. The molecule has 0 aliphatic carbocycles. The standard InChI is InChI=1S/C66H30Cl11N3S3/c67-31-7-1-8-32(68)55(31)61-42-19-21-44(78-42)63(57-35(71)11-3-12-36(57)72)51-27-29-53(82-51)65(59-39(75)15-5-16-40(59)76)47-23-24-48-66(60-41(77)17-6-18-46(60)80(47)48)54-30-28-52(83-54)64(58-37(73)13-4-14-38(58)74)45-22-20-43(79-45)62(50-26-25-49(61)81-50)56-33(69)9-2-10-34(56)70/h1-30H. The van der Waals surface area contributed by atoms with Gasteiger partial charge in [-0.1, -0.05) is 164 Å². The molecule has 3 aliphatic heterocycles. The molecule has 83 heavy (non-hydrogen) atoms. The van der Waals surface area contributed by atoms with Gasteiger partial charge in [0.15, 0.2) is 0 Å². The summed E-state index contributed by atoms with van der Waals surface area (Å²) in [6, 6.07) is 49.9. The molecule has 6 aromatic carbocycles. The fraction of sp³-hybridized carbons (Fsp3) is 0. The highest BCUT2D eigenvalue weighted by Crippen LogP contribution is 2.49. The van der Waals surface area contributed by atoms with E-state index in [-0.39, 0.29) is 0 Å². The van der Waals surface area contributed by atoms with E-state index in [9.17, 15) is 0 Å². The number of allylic oxidation sites excluding steroid dienone is 4. The van der Waals surface area contributed by atoms with Crippen LogP contribution in [0.1, 0.15) is 42.4 Å². The Morgan fingerprint density at radius 2 is 0.627 bits per heavy atom. The molecule has 0 saturated heterocycles. The molecule has 0 atom stereocenters. The van der Waals surface area contributed by atoms with Crippen LogP contribution in [0.25, 0.3) is 54.7 Å². The third-order valence-corrected chi connectivity index (χ3v) is 21.4. The summed E-state index contributed by atoms with van der Waals surface area (Å²) in [6.45, 7) is 0. The number of halogens is 11. The lowest BCUT2D eigenvalue weighted by molar-refractivity contribution is 1.22. The monoisotopic (exact) mass is 1340 g/mol. The Morgan fingerprint density at radius 1 is 0.277 bits per heavy atom. The first-order valence-electron chi connectivity index (χ1n) is 25.3. The predicted octanol–water partition coefficient (Wildman–Crippen LogP) is 21.7. The van der Waals surface area contributed by atoms with Crippen molar-refractivity contribution in [2.75, 3.05) is 0 Å². The summed E-state index contributed by atoms with van der Waals surface area (Å²) in [5.41, 5.74) is 11.7. The molecular weight excluding hydrogens is 1320 g/mol. The van der Waals surface area contributed by atoms with Gasteiger partial charge in [0, 0.05) is 95.2 Å². The maximum atomic E-state index is 7.38. The Balaban J connectivity index is 1.17. The minimum atomic E-state index is 0.424. The molecule has 0 fully saturated rings. The molecule has 5 aromatic heterocycles. The zero-order chi connectivity index (χ0) is 57.1. The number of rotatable bonds is 5. The minimum Gasteiger partial charge on any atom is -0.308 e. The number of aliphatic imine (C=N–C) groups is 2. The number of hydrogen-bond acceptors (Lipinski definition) is 5. The molecule has 0 N–H and O–H groups in total. The fourth-order valence-corrected chi connectivity index (χ4v) is 17.7. The highest BCUT2D eigenvalue weighted by Gasteiger charge is 2.30. The number of thiophene rings is 3. The Kier molecular flexibility index (Phi) is 14.8. The zero-order valence-electron chi connectivity index (χ0n) is 42.0. The third kappa shape index (κ3) is 9.45. The summed E-state index contributed by atoms with van der Waals surface area (Å²) in [5.74, 6) is 0. The van der Waals surface area contributed by atoms with E-state index in [4.69, 9.17) is 138 Å². The van der Waals surface area contributed by atoms with Crippen molar-refractivity contribution < 1.29 is 0 Å². The zero-order valence-corrected chi connectivity index (χ0v) is 52.8. The molecule has 404 valence electrons. The van der Waals surface area contributed by atoms with Gasteiger partial charge in [-0.25, -0.2) is 9.98 Å². The average molecular weight is 1350 g/mol. The van der Waals surface area contributed by atoms with Gasteiger partial charge in [0.1, 0.15) is 0 Å². The van der Waals surface area contributed by atoms with E-state index in [1.165, 1.54) is 22.7 Å². The van der Waals surface area contributed by atoms with Crippen LogP contribution in [0, 0.1) is 0 Å². The van der Waals surface area contributed by atoms with Crippen molar-refractivity contribution >= 4 is 217 Å². The molecule has 14 rings (SSSR count). The molecule has 0 unspecified atom stereocenters. The maximum absolute atomic E-state index is 7.38. The lowest BCUT2D eigenvalue weighted by atomic mass is 10.0. The second-order valence-corrected chi connectivity index (χ2v) is 27.0. The molecule has 0 saturated carbocycles. The highest BCUT2D eigenvalue weighted by atomic mass is 35.5. The number of fused-ring (bicyclic) bond motifs is 11. The summed E-state index contributed by atoms with van der Waals surface area (Å²) in [4.78, 5) is 14.4. The quantitative estimate of drug-likeness (QED) is 0.164. The largest absolute Gasteiger partial charge is 0.308 e. The topological polar surface area (TPSA) is 29.1 Å².